The zero-order valence-electron chi connectivity index (χ0n) is 14.1. The summed E-state index contributed by atoms with van der Waals surface area (Å²) in [7, 11) is 0. The molecule has 25 heavy (non-hydrogen) atoms. The molecule has 0 aliphatic carbocycles. The Morgan fingerprint density at radius 2 is 1.92 bits per heavy atom. The SMILES string of the molecule is O=C(/C=C/c1ccccc1Cl)NCC1CCN(c2ccncc2)CC1. The van der Waals surface area contributed by atoms with Gasteiger partial charge >= 0.3 is 0 Å². The monoisotopic (exact) mass is 355 g/mol. The van der Waals surface area contributed by atoms with Crippen LogP contribution >= 0.6 is 11.6 Å². The lowest BCUT2D eigenvalue weighted by Gasteiger charge is -2.33. The van der Waals surface area contributed by atoms with Gasteiger partial charge in [-0.3, -0.25) is 9.78 Å². The number of carbonyl (C=O) groups is 1. The van der Waals surface area contributed by atoms with E-state index in [9.17, 15) is 4.79 Å². The number of anilines is 1. The molecule has 4 nitrogen and oxygen atoms in total. The minimum absolute atomic E-state index is 0.0727. The molecule has 1 aliphatic heterocycles. The minimum atomic E-state index is -0.0727. The predicted octanol–water partition coefficient (Wildman–Crippen LogP) is 3.78. The molecule has 1 aliphatic rings. The topological polar surface area (TPSA) is 45.2 Å². The maximum Gasteiger partial charge on any atom is 0.244 e. The van der Waals surface area contributed by atoms with Crippen LogP contribution in [0.2, 0.25) is 5.02 Å². The lowest BCUT2D eigenvalue weighted by atomic mass is 9.96. The van der Waals surface area contributed by atoms with E-state index in [0.29, 0.717) is 10.9 Å². The predicted molar refractivity (Wildman–Crippen MR) is 103 cm³/mol. The molecule has 0 bridgehead atoms. The summed E-state index contributed by atoms with van der Waals surface area (Å²) in [4.78, 5) is 18.4. The first-order valence-electron chi connectivity index (χ1n) is 8.58. The second-order valence-corrected chi connectivity index (χ2v) is 6.64. The summed E-state index contributed by atoms with van der Waals surface area (Å²) < 4.78 is 0. The van der Waals surface area contributed by atoms with Crippen LogP contribution in [0.4, 0.5) is 5.69 Å². The molecule has 130 valence electrons. The van der Waals surface area contributed by atoms with Gasteiger partial charge in [0.2, 0.25) is 5.91 Å². The highest BCUT2D eigenvalue weighted by molar-refractivity contribution is 6.32. The van der Waals surface area contributed by atoms with Gasteiger partial charge in [0.15, 0.2) is 0 Å². The van der Waals surface area contributed by atoms with E-state index in [2.05, 4.69) is 15.2 Å². The molecule has 5 heteroatoms. The van der Waals surface area contributed by atoms with Crippen LogP contribution in [0.15, 0.2) is 54.9 Å². The van der Waals surface area contributed by atoms with Gasteiger partial charge in [-0.15, -0.1) is 0 Å². The Labute approximate surface area is 153 Å². The maximum atomic E-state index is 12.0. The van der Waals surface area contributed by atoms with Crippen LogP contribution in [0.3, 0.4) is 0 Å². The number of hydrogen-bond donors (Lipinski definition) is 1. The molecule has 0 spiro atoms. The summed E-state index contributed by atoms with van der Waals surface area (Å²) in [5, 5.41) is 3.65. The fourth-order valence-electron chi connectivity index (χ4n) is 3.03. The van der Waals surface area contributed by atoms with Crippen molar-refractivity contribution < 1.29 is 4.79 Å². The number of aromatic nitrogens is 1. The minimum Gasteiger partial charge on any atom is -0.371 e. The van der Waals surface area contributed by atoms with E-state index in [1.807, 2.05) is 48.8 Å². The molecule has 1 saturated heterocycles. The van der Waals surface area contributed by atoms with Gasteiger partial charge in [-0.25, -0.2) is 0 Å². The van der Waals surface area contributed by atoms with Crippen molar-refractivity contribution in [2.75, 3.05) is 24.5 Å². The summed E-state index contributed by atoms with van der Waals surface area (Å²) >= 11 is 6.08. The molecule has 1 aromatic carbocycles. The van der Waals surface area contributed by atoms with E-state index < -0.39 is 0 Å². The van der Waals surface area contributed by atoms with E-state index in [1.54, 1.807) is 12.2 Å². The van der Waals surface area contributed by atoms with E-state index >= 15 is 0 Å². The molecule has 1 amide bonds. The van der Waals surface area contributed by atoms with Crippen LogP contribution in [0.25, 0.3) is 6.08 Å². The lowest BCUT2D eigenvalue weighted by molar-refractivity contribution is -0.116. The van der Waals surface area contributed by atoms with Crippen LogP contribution in [0.1, 0.15) is 18.4 Å². The van der Waals surface area contributed by atoms with Crippen LogP contribution in [0.5, 0.6) is 0 Å². The molecule has 3 rings (SSSR count). The number of benzene rings is 1. The fraction of sp³-hybridized carbons (Fsp3) is 0.300. The van der Waals surface area contributed by atoms with Crippen molar-refractivity contribution in [1.29, 1.82) is 0 Å². The van der Waals surface area contributed by atoms with E-state index in [1.165, 1.54) is 5.69 Å². The summed E-state index contributed by atoms with van der Waals surface area (Å²) in [6.45, 7) is 2.75. The van der Waals surface area contributed by atoms with E-state index in [-0.39, 0.29) is 5.91 Å². The molecule has 2 heterocycles. The number of piperidine rings is 1. The van der Waals surface area contributed by atoms with Gasteiger partial charge in [-0.05, 0) is 48.6 Å². The molecule has 2 aromatic rings. The molecule has 1 aromatic heterocycles. The Bertz CT molecular complexity index is 725. The summed E-state index contributed by atoms with van der Waals surface area (Å²) in [5.74, 6) is 0.451. The first-order chi connectivity index (χ1) is 12.2. The van der Waals surface area contributed by atoms with Crippen LogP contribution in [-0.4, -0.2) is 30.5 Å². The Morgan fingerprint density at radius 3 is 2.64 bits per heavy atom. The summed E-state index contributed by atoms with van der Waals surface area (Å²) in [6.07, 6.45) is 9.12. The molecule has 0 radical (unpaired) electrons. The number of hydrogen-bond acceptors (Lipinski definition) is 3. The maximum absolute atomic E-state index is 12.0. The van der Waals surface area contributed by atoms with Crippen molar-refractivity contribution in [2.45, 2.75) is 12.8 Å². The average Bonchev–Trinajstić information content (AvgIpc) is 2.67. The van der Waals surface area contributed by atoms with Gasteiger partial charge in [-0.1, -0.05) is 29.8 Å². The van der Waals surface area contributed by atoms with Crippen molar-refractivity contribution in [3.05, 3.63) is 65.5 Å². The summed E-state index contributed by atoms with van der Waals surface area (Å²) in [5.41, 5.74) is 2.07. The van der Waals surface area contributed by atoms with Gasteiger partial charge in [0.05, 0.1) is 0 Å². The van der Waals surface area contributed by atoms with E-state index in [0.717, 1.165) is 38.0 Å². The van der Waals surface area contributed by atoms with Crippen molar-refractivity contribution in [3.63, 3.8) is 0 Å². The zero-order valence-corrected chi connectivity index (χ0v) is 14.8. The smallest absolute Gasteiger partial charge is 0.244 e. The van der Waals surface area contributed by atoms with Crippen LogP contribution < -0.4 is 10.2 Å². The van der Waals surface area contributed by atoms with Crippen molar-refractivity contribution in [3.8, 4) is 0 Å². The molecular weight excluding hydrogens is 334 g/mol. The number of amides is 1. The highest BCUT2D eigenvalue weighted by Gasteiger charge is 2.19. The van der Waals surface area contributed by atoms with Crippen LogP contribution in [-0.2, 0) is 4.79 Å². The number of carbonyl (C=O) groups excluding carboxylic acids is 1. The lowest BCUT2D eigenvalue weighted by Crippen LogP contribution is -2.38. The average molecular weight is 356 g/mol. The third-order valence-corrected chi connectivity index (χ3v) is 4.87. The normalized spacial score (nSPS) is 15.5. The second-order valence-electron chi connectivity index (χ2n) is 6.24. The van der Waals surface area contributed by atoms with Crippen molar-refractivity contribution in [1.82, 2.24) is 10.3 Å². The number of nitrogens with one attached hydrogen (secondary N) is 1. The highest BCUT2D eigenvalue weighted by atomic mass is 35.5. The fourth-order valence-corrected chi connectivity index (χ4v) is 3.23. The Morgan fingerprint density at radius 1 is 1.20 bits per heavy atom. The number of pyridine rings is 1. The van der Waals surface area contributed by atoms with E-state index in [4.69, 9.17) is 11.6 Å². The molecule has 0 atom stereocenters. The quantitative estimate of drug-likeness (QED) is 0.830. The van der Waals surface area contributed by atoms with Crippen LogP contribution in [0, 0.1) is 5.92 Å². The summed E-state index contributed by atoms with van der Waals surface area (Å²) in [6, 6.07) is 11.6. The van der Waals surface area contributed by atoms with Crippen molar-refractivity contribution in [2.24, 2.45) is 5.92 Å². The molecule has 1 N–H and O–H groups in total. The zero-order chi connectivity index (χ0) is 17.5. The first kappa shape index (κ1) is 17.5. The van der Waals surface area contributed by atoms with Gasteiger partial charge in [-0.2, -0.15) is 0 Å². The second kappa shape index (κ2) is 8.67. The third-order valence-electron chi connectivity index (χ3n) is 4.53. The number of halogens is 1. The van der Waals surface area contributed by atoms with Crippen molar-refractivity contribution >= 4 is 29.3 Å². The van der Waals surface area contributed by atoms with Gasteiger partial charge in [0.1, 0.15) is 0 Å². The molecule has 0 unspecified atom stereocenters. The Kier molecular flexibility index (Phi) is 6.07. The largest absolute Gasteiger partial charge is 0.371 e. The standard InChI is InChI=1S/C20H22ClN3O/c21-19-4-2-1-3-17(19)5-6-20(25)23-15-16-9-13-24(14-10-16)18-7-11-22-12-8-18/h1-8,11-12,16H,9-10,13-15H2,(H,23,25)/b6-5+. The third kappa shape index (κ3) is 5.07. The Hall–Kier alpha value is -2.33. The molecule has 0 saturated carbocycles. The molecular formula is C20H22ClN3O. The van der Waals surface area contributed by atoms with Gasteiger partial charge < -0.3 is 10.2 Å². The van der Waals surface area contributed by atoms with Gasteiger partial charge in [0, 0.05) is 48.8 Å². The Balaban J connectivity index is 1.42. The highest BCUT2D eigenvalue weighted by Crippen LogP contribution is 2.22. The van der Waals surface area contributed by atoms with Gasteiger partial charge in [0.25, 0.3) is 0 Å². The number of nitrogens with zero attached hydrogens (tertiary/aromatic N) is 2. The molecule has 1 fully saturated rings. The number of rotatable bonds is 5. The first-order valence-corrected chi connectivity index (χ1v) is 8.95.